The van der Waals surface area contributed by atoms with E-state index in [1.165, 1.54) is 0 Å². The molecule has 1 aromatic rings. The number of halogens is 1. The van der Waals surface area contributed by atoms with Gasteiger partial charge in [-0.3, -0.25) is 0 Å². The minimum Gasteiger partial charge on any atom is -0.464 e. The molecular weight excluding hydrogens is 314 g/mol. The van der Waals surface area contributed by atoms with Crippen molar-refractivity contribution >= 4 is 39.3 Å². The highest BCUT2D eigenvalue weighted by Crippen LogP contribution is 2.17. The number of hydrogen-bond donors (Lipinski definition) is 0. The highest BCUT2D eigenvalue weighted by Gasteiger charge is 2.22. The van der Waals surface area contributed by atoms with Crippen LogP contribution in [0.1, 0.15) is 5.56 Å². The second-order valence-corrected chi connectivity index (χ2v) is 4.31. The fourth-order valence-corrected chi connectivity index (χ4v) is 1.47. The Labute approximate surface area is 119 Å². The fraction of sp³-hybridized carbons (Fsp3) is 0.154. The first kappa shape index (κ1) is 15.1. The Morgan fingerprint density at radius 1 is 1.11 bits per heavy atom. The SMILES string of the molecule is C=C(N=C(C(=O)OC)C(=O)OC)c1ccc(Br)cc1. The molecule has 100 valence electrons. The quantitative estimate of drug-likeness (QED) is 0.483. The van der Waals surface area contributed by atoms with E-state index in [1.807, 2.05) is 0 Å². The predicted octanol–water partition coefficient (Wildman–Crippen LogP) is 2.21. The predicted molar refractivity (Wildman–Crippen MR) is 74.6 cm³/mol. The molecule has 0 aliphatic rings. The number of benzene rings is 1. The maximum atomic E-state index is 11.4. The van der Waals surface area contributed by atoms with Crippen LogP contribution in [0.3, 0.4) is 0 Å². The summed E-state index contributed by atoms with van der Waals surface area (Å²) in [4.78, 5) is 26.7. The summed E-state index contributed by atoms with van der Waals surface area (Å²) >= 11 is 3.30. The van der Waals surface area contributed by atoms with Gasteiger partial charge >= 0.3 is 11.9 Å². The number of methoxy groups -OCH3 is 2. The summed E-state index contributed by atoms with van der Waals surface area (Å²) in [5, 5.41) is 0. The van der Waals surface area contributed by atoms with Crippen LogP contribution in [0.5, 0.6) is 0 Å². The average Bonchev–Trinajstić information content (AvgIpc) is 2.43. The minimum absolute atomic E-state index is 0.262. The first-order valence-electron chi connectivity index (χ1n) is 5.19. The molecule has 0 aliphatic heterocycles. The number of carbonyl (C=O) groups is 2. The van der Waals surface area contributed by atoms with Crippen molar-refractivity contribution in [1.29, 1.82) is 0 Å². The molecule has 0 bridgehead atoms. The van der Waals surface area contributed by atoms with E-state index in [9.17, 15) is 9.59 Å². The van der Waals surface area contributed by atoms with Crippen LogP contribution >= 0.6 is 15.9 Å². The van der Waals surface area contributed by atoms with Gasteiger partial charge in [0.25, 0.3) is 0 Å². The van der Waals surface area contributed by atoms with Crippen LogP contribution in [0, 0.1) is 0 Å². The molecule has 0 aliphatic carbocycles. The van der Waals surface area contributed by atoms with Crippen LogP contribution in [0.4, 0.5) is 0 Å². The molecule has 0 N–H and O–H groups in total. The number of rotatable bonds is 4. The molecule has 0 fully saturated rings. The lowest BCUT2D eigenvalue weighted by atomic mass is 10.2. The van der Waals surface area contributed by atoms with E-state index >= 15 is 0 Å². The lowest BCUT2D eigenvalue weighted by molar-refractivity contribution is -0.138. The Hall–Kier alpha value is -1.95. The zero-order valence-corrected chi connectivity index (χ0v) is 12.1. The molecule has 1 rings (SSSR count). The van der Waals surface area contributed by atoms with Gasteiger partial charge in [0.05, 0.1) is 19.9 Å². The third-order valence-corrected chi connectivity index (χ3v) is 2.71. The van der Waals surface area contributed by atoms with E-state index in [2.05, 4.69) is 37.0 Å². The van der Waals surface area contributed by atoms with Crippen molar-refractivity contribution in [1.82, 2.24) is 0 Å². The fourth-order valence-electron chi connectivity index (χ4n) is 1.21. The van der Waals surface area contributed by atoms with Crippen LogP contribution in [0.15, 0.2) is 40.3 Å². The Balaban J connectivity index is 3.08. The zero-order chi connectivity index (χ0) is 14.4. The highest BCUT2D eigenvalue weighted by molar-refractivity contribution is 9.10. The van der Waals surface area contributed by atoms with Gasteiger partial charge in [-0.1, -0.05) is 34.6 Å². The molecule has 5 nitrogen and oxygen atoms in total. The van der Waals surface area contributed by atoms with Crippen LogP contribution in [-0.4, -0.2) is 31.9 Å². The number of aliphatic imine (C=N–C) groups is 1. The minimum atomic E-state index is -0.870. The molecule has 0 heterocycles. The maximum Gasteiger partial charge on any atom is 0.364 e. The number of nitrogens with zero attached hydrogens (tertiary/aromatic N) is 1. The molecule has 0 aromatic heterocycles. The summed E-state index contributed by atoms with van der Waals surface area (Å²) in [5.41, 5.74) is 0.490. The Morgan fingerprint density at radius 3 is 2.00 bits per heavy atom. The van der Waals surface area contributed by atoms with E-state index in [4.69, 9.17) is 0 Å². The Kier molecular flexibility index (Phi) is 5.44. The normalized spacial score (nSPS) is 9.42. The first-order valence-corrected chi connectivity index (χ1v) is 5.99. The molecule has 0 saturated heterocycles. The molecule has 0 amide bonds. The standard InChI is InChI=1S/C13H12BrNO4/c1-8(9-4-6-10(14)7-5-9)15-11(12(16)18-2)13(17)19-3/h4-7H,1H2,2-3H3. The number of hydrogen-bond acceptors (Lipinski definition) is 5. The van der Waals surface area contributed by atoms with Crippen molar-refractivity contribution in [3.05, 3.63) is 40.9 Å². The molecule has 19 heavy (non-hydrogen) atoms. The molecule has 0 radical (unpaired) electrons. The van der Waals surface area contributed by atoms with E-state index in [0.717, 1.165) is 18.7 Å². The summed E-state index contributed by atoms with van der Waals surface area (Å²) in [6.45, 7) is 3.71. The largest absolute Gasteiger partial charge is 0.464 e. The van der Waals surface area contributed by atoms with Gasteiger partial charge in [-0.2, -0.15) is 0 Å². The number of ether oxygens (including phenoxy) is 2. The Morgan fingerprint density at radius 2 is 1.58 bits per heavy atom. The second kappa shape index (κ2) is 6.84. The molecular formula is C13H12BrNO4. The topological polar surface area (TPSA) is 65.0 Å². The molecule has 0 saturated carbocycles. The summed E-state index contributed by atoms with van der Waals surface area (Å²) in [6.07, 6.45) is 0. The number of esters is 2. The van der Waals surface area contributed by atoms with Crippen LogP contribution < -0.4 is 0 Å². The summed E-state index contributed by atoms with van der Waals surface area (Å²) in [7, 11) is 2.31. The first-order chi connectivity index (χ1) is 8.99. The van der Waals surface area contributed by atoms with E-state index < -0.39 is 17.7 Å². The maximum absolute atomic E-state index is 11.4. The third-order valence-electron chi connectivity index (χ3n) is 2.18. The van der Waals surface area contributed by atoms with Crippen molar-refractivity contribution in [3.8, 4) is 0 Å². The summed E-state index contributed by atoms with van der Waals surface area (Å²) in [6, 6.07) is 7.10. The molecule has 0 atom stereocenters. The Bertz CT molecular complexity index is 516. The van der Waals surface area contributed by atoms with Gasteiger partial charge in [-0.05, 0) is 17.7 Å². The van der Waals surface area contributed by atoms with Gasteiger partial charge in [0, 0.05) is 4.47 Å². The van der Waals surface area contributed by atoms with Crippen LogP contribution in [0.25, 0.3) is 5.70 Å². The van der Waals surface area contributed by atoms with Gasteiger partial charge in [0.15, 0.2) is 0 Å². The second-order valence-electron chi connectivity index (χ2n) is 3.40. The van der Waals surface area contributed by atoms with Crippen molar-refractivity contribution in [3.63, 3.8) is 0 Å². The summed E-state index contributed by atoms with van der Waals surface area (Å²) in [5.74, 6) is -1.74. The van der Waals surface area contributed by atoms with Crippen LogP contribution in [0.2, 0.25) is 0 Å². The zero-order valence-electron chi connectivity index (χ0n) is 10.5. The smallest absolute Gasteiger partial charge is 0.364 e. The average molecular weight is 326 g/mol. The van der Waals surface area contributed by atoms with Crippen molar-refractivity contribution < 1.29 is 19.1 Å². The van der Waals surface area contributed by atoms with Gasteiger partial charge in [0.1, 0.15) is 0 Å². The molecule has 6 heteroatoms. The van der Waals surface area contributed by atoms with Crippen molar-refractivity contribution in [2.24, 2.45) is 4.99 Å². The van der Waals surface area contributed by atoms with Crippen molar-refractivity contribution in [2.45, 2.75) is 0 Å². The van der Waals surface area contributed by atoms with Gasteiger partial charge in [-0.15, -0.1) is 0 Å². The number of carbonyl (C=O) groups excluding carboxylic acids is 2. The molecule has 0 unspecified atom stereocenters. The molecule has 1 aromatic carbocycles. The lowest BCUT2D eigenvalue weighted by Gasteiger charge is -2.05. The van der Waals surface area contributed by atoms with Gasteiger partial charge in [-0.25, -0.2) is 14.6 Å². The third kappa shape index (κ3) is 4.03. The van der Waals surface area contributed by atoms with Crippen LogP contribution in [-0.2, 0) is 19.1 Å². The van der Waals surface area contributed by atoms with Crippen molar-refractivity contribution in [2.75, 3.05) is 14.2 Å². The lowest BCUT2D eigenvalue weighted by Crippen LogP contribution is -2.26. The monoisotopic (exact) mass is 325 g/mol. The van der Waals surface area contributed by atoms with Gasteiger partial charge in [0.2, 0.25) is 5.71 Å². The summed E-state index contributed by atoms with van der Waals surface area (Å²) < 4.78 is 9.84. The van der Waals surface area contributed by atoms with E-state index in [1.54, 1.807) is 24.3 Å². The van der Waals surface area contributed by atoms with E-state index in [0.29, 0.717) is 5.56 Å². The van der Waals surface area contributed by atoms with E-state index in [-0.39, 0.29) is 5.70 Å². The molecule has 0 spiro atoms. The van der Waals surface area contributed by atoms with Gasteiger partial charge < -0.3 is 9.47 Å². The highest BCUT2D eigenvalue weighted by atomic mass is 79.9.